The molecule has 0 saturated carbocycles. The fourth-order valence-corrected chi connectivity index (χ4v) is 3.28. The maximum atomic E-state index is 13.1. The van der Waals surface area contributed by atoms with Crippen LogP contribution in [0, 0.1) is 11.6 Å². The van der Waals surface area contributed by atoms with Crippen LogP contribution < -0.4 is 5.32 Å². The number of ether oxygens (including phenoxy) is 1. The van der Waals surface area contributed by atoms with Gasteiger partial charge < -0.3 is 15.2 Å². The number of rotatable bonds is 5. The second kappa shape index (κ2) is 12.1. The molecule has 2 aromatic rings. The largest absolute Gasteiger partial charge is 0.419 e. The minimum absolute atomic E-state index is 0.0349. The molecule has 0 aromatic heterocycles. The third kappa shape index (κ3) is 8.68. The third-order valence-electron chi connectivity index (χ3n) is 4.79. The molecule has 1 saturated heterocycles. The van der Waals surface area contributed by atoms with E-state index in [0.29, 0.717) is 31.2 Å². The van der Waals surface area contributed by atoms with E-state index in [1.54, 1.807) is 0 Å². The van der Waals surface area contributed by atoms with Crippen LogP contribution >= 0.6 is 11.6 Å². The summed E-state index contributed by atoms with van der Waals surface area (Å²) < 4.78 is 106. The van der Waals surface area contributed by atoms with E-state index < -0.39 is 41.2 Å². The van der Waals surface area contributed by atoms with Crippen molar-refractivity contribution in [1.29, 1.82) is 0 Å². The summed E-state index contributed by atoms with van der Waals surface area (Å²) in [4.78, 5) is 0. The van der Waals surface area contributed by atoms with Crippen LogP contribution in [0.15, 0.2) is 36.4 Å². The van der Waals surface area contributed by atoms with Crippen LogP contribution in [0.5, 0.6) is 0 Å². The van der Waals surface area contributed by atoms with Gasteiger partial charge in [-0.3, -0.25) is 0 Å². The van der Waals surface area contributed by atoms with E-state index in [4.69, 9.17) is 21.4 Å². The van der Waals surface area contributed by atoms with E-state index in [9.17, 15) is 35.1 Å². The monoisotopic (exact) mass is 519 g/mol. The van der Waals surface area contributed by atoms with Gasteiger partial charge in [0.15, 0.2) is 0 Å². The number of hydrogen-bond acceptors (Lipinski definition) is 3. The number of aliphatic hydroxyl groups is 1. The summed E-state index contributed by atoms with van der Waals surface area (Å²) in [5.74, 6) is -2.65. The lowest BCUT2D eigenvalue weighted by Crippen LogP contribution is -2.39. The molecular formula is C22H22ClF8NO2. The molecule has 34 heavy (non-hydrogen) atoms. The van der Waals surface area contributed by atoms with Crippen molar-refractivity contribution in [2.24, 2.45) is 0 Å². The molecular weight excluding hydrogens is 498 g/mol. The minimum Gasteiger partial charge on any atom is -0.392 e. The Morgan fingerprint density at radius 1 is 0.941 bits per heavy atom. The van der Waals surface area contributed by atoms with Crippen molar-refractivity contribution in [3.05, 3.63) is 70.3 Å². The molecule has 0 radical (unpaired) electrons. The predicted octanol–water partition coefficient (Wildman–Crippen LogP) is 5.36. The molecule has 2 N–H and O–H groups in total. The van der Waals surface area contributed by atoms with Crippen molar-refractivity contribution in [3.63, 3.8) is 0 Å². The Kier molecular flexibility index (Phi) is 10.1. The smallest absolute Gasteiger partial charge is 0.392 e. The number of morpholine rings is 1. The fraction of sp³-hybridized carbons (Fsp3) is 0.455. The summed E-state index contributed by atoms with van der Waals surface area (Å²) in [5.41, 5.74) is -1.92. The quantitative estimate of drug-likeness (QED) is 0.413. The molecule has 0 spiro atoms. The summed E-state index contributed by atoms with van der Waals surface area (Å²) in [6.45, 7) is 1.88. The molecule has 2 aromatic carbocycles. The summed E-state index contributed by atoms with van der Waals surface area (Å²) in [5, 5.41) is 12.3. The second-order valence-electron chi connectivity index (χ2n) is 7.54. The van der Waals surface area contributed by atoms with Crippen LogP contribution in [-0.2, 0) is 29.9 Å². The summed E-state index contributed by atoms with van der Waals surface area (Å²) in [6.07, 6.45) is -10.2. The van der Waals surface area contributed by atoms with Crippen molar-refractivity contribution >= 4 is 11.6 Å². The fourth-order valence-electron chi connectivity index (χ4n) is 3.17. The van der Waals surface area contributed by atoms with Crippen molar-refractivity contribution in [1.82, 2.24) is 5.32 Å². The van der Waals surface area contributed by atoms with Crippen molar-refractivity contribution in [2.75, 3.05) is 25.6 Å². The second-order valence-corrected chi connectivity index (χ2v) is 7.85. The molecule has 1 aliphatic heterocycles. The lowest BCUT2D eigenvalue weighted by Gasteiger charge is -2.23. The Morgan fingerprint density at radius 2 is 1.47 bits per heavy atom. The van der Waals surface area contributed by atoms with Crippen molar-refractivity contribution < 1.29 is 45.0 Å². The highest BCUT2D eigenvalue weighted by Crippen LogP contribution is 2.33. The molecule has 1 heterocycles. The molecule has 2 atom stereocenters. The van der Waals surface area contributed by atoms with Gasteiger partial charge in [0.05, 0.1) is 29.9 Å². The van der Waals surface area contributed by atoms with Crippen molar-refractivity contribution in [3.8, 4) is 0 Å². The number of hydrogen-bond donors (Lipinski definition) is 2. The van der Waals surface area contributed by atoms with Crippen LogP contribution in [0.4, 0.5) is 35.1 Å². The third-order valence-corrected chi connectivity index (χ3v) is 5.15. The zero-order valence-electron chi connectivity index (χ0n) is 17.6. The highest BCUT2D eigenvalue weighted by molar-refractivity contribution is 6.18. The van der Waals surface area contributed by atoms with Gasteiger partial charge in [-0.25, -0.2) is 8.78 Å². The standard InChI is InChI=1S/C12H13F4NO.C10H9ClF4O/c13-11-2-1-8(6-10(11)12(14,15)16)5-9-7-17-3-4-18-9;11-5-7(16)3-6-1-2-9(12)8(4-6)10(13,14)15/h1-2,6,9,17H,3-5,7H2;1-2,4,7,16H,3,5H2/t9-;7-/m11/s1. The first kappa shape index (κ1) is 28.3. The number of benzene rings is 2. The van der Waals surface area contributed by atoms with E-state index in [2.05, 4.69) is 5.32 Å². The van der Waals surface area contributed by atoms with Crippen molar-refractivity contribution in [2.45, 2.75) is 37.4 Å². The molecule has 0 aliphatic carbocycles. The Labute approximate surface area is 195 Å². The summed E-state index contributed by atoms with van der Waals surface area (Å²) in [6, 6.07) is 5.69. The highest BCUT2D eigenvalue weighted by Gasteiger charge is 2.35. The zero-order valence-corrected chi connectivity index (χ0v) is 18.4. The lowest BCUT2D eigenvalue weighted by molar-refractivity contribution is -0.140. The number of halogens is 9. The highest BCUT2D eigenvalue weighted by atomic mass is 35.5. The average molecular weight is 520 g/mol. The Morgan fingerprint density at radius 3 is 1.94 bits per heavy atom. The van der Waals surface area contributed by atoms with Crippen LogP contribution in [0.1, 0.15) is 22.3 Å². The van der Waals surface area contributed by atoms with Gasteiger partial charge in [-0.15, -0.1) is 11.6 Å². The van der Waals surface area contributed by atoms with Crippen LogP contribution in [0.3, 0.4) is 0 Å². The SMILES string of the molecule is Fc1ccc(C[C@@H]2CNCCO2)cc1C(F)(F)F.O[C@@H](CCl)Cc1ccc(F)c(C(F)(F)F)c1. The Balaban J connectivity index is 0.000000242. The van der Waals surface area contributed by atoms with E-state index in [0.717, 1.165) is 24.7 Å². The molecule has 0 amide bonds. The predicted molar refractivity (Wildman–Crippen MR) is 110 cm³/mol. The first-order valence-electron chi connectivity index (χ1n) is 10.1. The lowest BCUT2D eigenvalue weighted by atomic mass is 10.0. The summed E-state index contributed by atoms with van der Waals surface area (Å²) >= 11 is 5.32. The average Bonchev–Trinajstić information content (AvgIpc) is 2.76. The van der Waals surface area contributed by atoms with E-state index in [1.165, 1.54) is 12.1 Å². The van der Waals surface area contributed by atoms with Gasteiger partial charge in [-0.1, -0.05) is 12.1 Å². The van der Waals surface area contributed by atoms with Gasteiger partial charge >= 0.3 is 12.4 Å². The normalized spacial score (nSPS) is 17.6. The van der Waals surface area contributed by atoms with Gasteiger partial charge in [0.2, 0.25) is 0 Å². The van der Waals surface area contributed by atoms with Gasteiger partial charge in [0, 0.05) is 19.0 Å². The minimum atomic E-state index is -4.73. The summed E-state index contributed by atoms with van der Waals surface area (Å²) in [7, 11) is 0. The molecule has 3 rings (SSSR count). The first-order valence-corrected chi connectivity index (χ1v) is 10.6. The first-order chi connectivity index (χ1) is 15.8. The number of aliphatic hydroxyl groups excluding tert-OH is 1. The molecule has 12 heteroatoms. The van der Waals surface area contributed by atoms with Crippen LogP contribution in [0.25, 0.3) is 0 Å². The Bertz CT molecular complexity index is 930. The van der Waals surface area contributed by atoms with Gasteiger partial charge in [-0.05, 0) is 48.2 Å². The number of alkyl halides is 7. The molecule has 3 nitrogen and oxygen atoms in total. The van der Waals surface area contributed by atoms with Gasteiger partial charge in [-0.2, -0.15) is 26.3 Å². The number of nitrogens with one attached hydrogen (secondary N) is 1. The molecule has 1 aliphatic rings. The van der Waals surface area contributed by atoms with E-state index in [-0.39, 0.29) is 24.0 Å². The van der Waals surface area contributed by atoms with Gasteiger partial charge in [0.1, 0.15) is 11.6 Å². The van der Waals surface area contributed by atoms with Gasteiger partial charge in [0.25, 0.3) is 0 Å². The maximum absolute atomic E-state index is 13.1. The topological polar surface area (TPSA) is 41.5 Å². The van der Waals surface area contributed by atoms with Crippen LogP contribution in [0.2, 0.25) is 0 Å². The van der Waals surface area contributed by atoms with E-state index >= 15 is 0 Å². The molecule has 0 bridgehead atoms. The Hall–Kier alpha value is -1.95. The molecule has 1 fully saturated rings. The van der Waals surface area contributed by atoms with Crippen LogP contribution in [-0.4, -0.2) is 42.9 Å². The molecule has 190 valence electrons. The molecule has 0 unspecified atom stereocenters. The zero-order chi connectivity index (χ0) is 25.5. The maximum Gasteiger partial charge on any atom is 0.419 e. The van der Waals surface area contributed by atoms with E-state index in [1.807, 2.05) is 0 Å².